The minimum Gasteiger partial charge on any atom is -0.498 e. The largest absolute Gasteiger partial charge is 0.498 e. The quantitative estimate of drug-likeness (QED) is 0.575. The lowest BCUT2D eigenvalue weighted by Crippen LogP contribution is -1.76. The molecule has 1 heteroatoms. The van der Waals surface area contributed by atoms with Gasteiger partial charge in [0.1, 0.15) is 0 Å². The van der Waals surface area contributed by atoms with E-state index in [1.807, 2.05) is 33.8 Å². The first kappa shape index (κ1) is 15.3. The van der Waals surface area contributed by atoms with Crippen LogP contribution >= 0.6 is 0 Å². The number of hydrogen-bond acceptors (Lipinski definition) is 1. The summed E-state index contributed by atoms with van der Waals surface area (Å²) >= 11 is 0. The van der Waals surface area contributed by atoms with Gasteiger partial charge in [-0.25, -0.2) is 0 Å². The number of rotatable bonds is 1. The molecule has 0 aromatic rings. The summed E-state index contributed by atoms with van der Waals surface area (Å²) in [4.78, 5) is 0. The highest BCUT2D eigenvalue weighted by Crippen LogP contribution is 2.18. The molecule has 0 fully saturated rings. The van der Waals surface area contributed by atoms with Crippen molar-refractivity contribution in [1.82, 2.24) is 0 Å². The lowest BCUT2D eigenvalue weighted by atomic mass is 10.2. The van der Waals surface area contributed by atoms with Crippen molar-refractivity contribution in [3.8, 4) is 12.3 Å². The maximum Gasteiger partial charge on any atom is 0.0962 e. The van der Waals surface area contributed by atoms with Crippen LogP contribution < -0.4 is 0 Å². The minimum atomic E-state index is 0.867. The fourth-order valence-electron chi connectivity index (χ4n) is 0.985. The topological polar surface area (TPSA) is 9.23 Å². The van der Waals surface area contributed by atoms with Gasteiger partial charge in [-0.3, -0.25) is 0 Å². The summed E-state index contributed by atoms with van der Waals surface area (Å²) in [6.07, 6.45) is 9.84. The molecule has 0 saturated heterocycles. The van der Waals surface area contributed by atoms with E-state index in [0.29, 0.717) is 0 Å². The third-order valence-electron chi connectivity index (χ3n) is 1.51. The maximum atomic E-state index is 5.25. The molecule has 1 aliphatic heterocycles. The van der Waals surface area contributed by atoms with Crippen LogP contribution in [0.1, 0.15) is 41.0 Å². The molecule has 80 valence electrons. The molecule has 0 bridgehead atoms. The van der Waals surface area contributed by atoms with Gasteiger partial charge in [0.15, 0.2) is 0 Å². The van der Waals surface area contributed by atoms with Gasteiger partial charge >= 0.3 is 0 Å². The van der Waals surface area contributed by atoms with Gasteiger partial charge < -0.3 is 4.74 Å². The van der Waals surface area contributed by atoms with Gasteiger partial charge in [0.25, 0.3) is 0 Å². The highest BCUT2D eigenvalue weighted by molar-refractivity contribution is 5.23. The van der Waals surface area contributed by atoms with E-state index in [-0.39, 0.29) is 0 Å². The van der Waals surface area contributed by atoms with E-state index >= 15 is 0 Å². The van der Waals surface area contributed by atoms with E-state index in [9.17, 15) is 0 Å². The van der Waals surface area contributed by atoms with Crippen LogP contribution in [0.3, 0.4) is 0 Å². The van der Waals surface area contributed by atoms with Gasteiger partial charge in [-0.15, -0.1) is 12.3 Å². The van der Waals surface area contributed by atoms with Crippen LogP contribution in [0.25, 0.3) is 0 Å². The lowest BCUT2D eigenvalue weighted by molar-refractivity contribution is 0.246. The van der Waals surface area contributed by atoms with Crippen molar-refractivity contribution in [3.63, 3.8) is 0 Å². The third-order valence-corrected chi connectivity index (χ3v) is 1.51. The number of hydrogen-bond donors (Lipinski definition) is 0. The Morgan fingerprint density at radius 1 is 1.43 bits per heavy atom. The fourth-order valence-corrected chi connectivity index (χ4v) is 0.985. The molecule has 0 saturated carbocycles. The Morgan fingerprint density at radius 3 is 2.21 bits per heavy atom. The molecule has 1 rings (SSSR count). The summed E-state index contributed by atoms with van der Waals surface area (Å²) in [7, 11) is 0. The average Bonchev–Trinajstić information content (AvgIpc) is 2.58. The summed E-state index contributed by atoms with van der Waals surface area (Å²) in [5, 5.41) is 0. The van der Waals surface area contributed by atoms with Gasteiger partial charge in [-0.05, 0) is 26.3 Å². The summed E-state index contributed by atoms with van der Waals surface area (Å²) < 4.78 is 5.25. The van der Waals surface area contributed by atoms with Crippen molar-refractivity contribution >= 4 is 0 Å². The predicted molar refractivity (Wildman–Crippen MR) is 63.9 cm³/mol. The van der Waals surface area contributed by atoms with Crippen molar-refractivity contribution in [1.29, 1.82) is 0 Å². The molecule has 0 N–H and O–H groups in total. The van der Waals surface area contributed by atoms with Crippen LogP contribution in [0.2, 0.25) is 0 Å². The third kappa shape index (κ3) is 7.49. The molecule has 0 unspecified atom stereocenters. The highest BCUT2D eigenvalue weighted by Gasteiger charge is 2.07. The first-order valence-corrected chi connectivity index (χ1v) is 5.08. The smallest absolute Gasteiger partial charge is 0.0962 e. The van der Waals surface area contributed by atoms with Gasteiger partial charge in [0, 0.05) is 6.42 Å². The molecule has 0 spiro atoms. The SMILES string of the molecule is C#CC.C/C=C\C1=C(C)OCC1.CC. The van der Waals surface area contributed by atoms with Crippen LogP contribution in [0.5, 0.6) is 0 Å². The summed E-state index contributed by atoms with van der Waals surface area (Å²) in [5.74, 6) is 3.34. The molecule has 0 radical (unpaired) electrons. The average molecular weight is 194 g/mol. The summed E-state index contributed by atoms with van der Waals surface area (Å²) in [5.41, 5.74) is 1.34. The Labute approximate surface area is 88.9 Å². The van der Waals surface area contributed by atoms with Gasteiger partial charge in [-0.1, -0.05) is 26.0 Å². The molecule has 0 amide bonds. The number of ether oxygens (including phenoxy) is 1. The number of allylic oxidation sites excluding steroid dienone is 3. The van der Waals surface area contributed by atoms with Gasteiger partial charge in [0.05, 0.1) is 12.4 Å². The predicted octanol–water partition coefficient (Wildman–Crippen LogP) is 3.92. The second-order valence-electron chi connectivity index (χ2n) is 2.47. The van der Waals surface area contributed by atoms with Crippen LogP contribution in [-0.2, 0) is 4.74 Å². The van der Waals surface area contributed by atoms with Crippen LogP contribution in [-0.4, -0.2) is 6.61 Å². The van der Waals surface area contributed by atoms with Gasteiger partial charge in [0.2, 0.25) is 0 Å². The molecule has 0 aromatic carbocycles. The van der Waals surface area contributed by atoms with Gasteiger partial charge in [-0.2, -0.15) is 0 Å². The second-order valence-corrected chi connectivity index (χ2v) is 2.47. The molecular formula is C13H22O. The second kappa shape index (κ2) is 11.8. The van der Waals surface area contributed by atoms with Crippen molar-refractivity contribution in [2.75, 3.05) is 6.61 Å². The molecule has 1 aliphatic rings. The normalized spacial score (nSPS) is 13.4. The molecule has 0 aromatic heterocycles. The highest BCUT2D eigenvalue weighted by atomic mass is 16.5. The molecule has 1 nitrogen and oxygen atoms in total. The zero-order valence-electron chi connectivity index (χ0n) is 10.1. The molecule has 1 heterocycles. The number of terminal acetylenes is 1. The standard InChI is InChI=1S/C8H12O.C3H4.C2H6/c1-3-4-8-5-6-9-7(8)2;1-3-2;1-2/h3-4H,5-6H2,1-2H3;1H,2H3;1-2H3/b4-3-;;. The Bertz CT molecular complexity index is 216. The first-order chi connectivity index (χ1) is 6.76. The van der Waals surface area contributed by atoms with E-state index in [1.165, 1.54) is 5.57 Å². The minimum absolute atomic E-state index is 0.867. The molecule has 0 aliphatic carbocycles. The summed E-state index contributed by atoms with van der Waals surface area (Å²) in [6, 6.07) is 0. The van der Waals surface area contributed by atoms with E-state index in [4.69, 9.17) is 4.74 Å². The van der Waals surface area contributed by atoms with Crippen molar-refractivity contribution in [2.24, 2.45) is 0 Å². The first-order valence-electron chi connectivity index (χ1n) is 5.08. The Balaban J connectivity index is 0. The van der Waals surface area contributed by atoms with Crippen molar-refractivity contribution < 1.29 is 4.74 Å². The Kier molecular flexibility index (Phi) is 13.0. The molecular weight excluding hydrogens is 172 g/mol. The fraction of sp³-hybridized carbons (Fsp3) is 0.538. The van der Waals surface area contributed by atoms with E-state index in [0.717, 1.165) is 18.8 Å². The van der Waals surface area contributed by atoms with E-state index < -0.39 is 0 Å². The van der Waals surface area contributed by atoms with E-state index in [2.05, 4.69) is 18.4 Å². The van der Waals surface area contributed by atoms with Crippen LogP contribution in [0, 0.1) is 12.3 Å². The van der Waals surface area contributed by atoms with E-state index in [1.54, 1.807) is 6.92 Å². The monoisotopic (exact) mass is 194 g/mol. The van der Waals surface area contributed by atoms with Crippen molar-refractivity contribution in [2.45, 2.75) is 41.0 Å². The van der Waals surface area contributed by atoms with Crippen LogP contribution in [0.4, 0.5) is 0 Å². The molecule has 14 heavy (non-hydrogen) atoms. The zero-order valence-corrected chi connectivity index (χ0v) is 10.1. The maximum absolute atomic E-state index is 5.25. The van der Waals surface area contributed by atoms with Crippen LogP contribution in [0.15, 0.2) is 23.5 Å². The zero-order chi connectivity index (χ0) is 11.4. The van der Waals surface area contributed by atoms with Crippen molar-refractivity contribution in [3.05, 3.63) is 23.5 Å². The Hall–Kier alpha value is -1.16. The molecule has 0 atom stereocenters. The summed E-state index contributed by atoms with van der Waals surface area (Å²) in [6.45, 7) is 10.6. The Morgan fingerprint density at radius 2 is 1.93 bits per heavy atom. The lowest BCUT2D eigenvalue weighted by Gasteiger charge is -1.92.